The average molecular weight is 271 g/mol. The maximum atomic E-state index is 5.77. The Bertz CT molecular complexity index is 216. The van der Waals surface area contributed by atoms with Crippen LogP contribution < -0.4 is 11.5 Å². The lowest BCUT2D eigenvalue weighted by Gasteiger charge is -2.39. The summed E-state index contributed by atoms with van der Waals surface area (Å²) < 4.78 is 0. The van der Waals surface area contributed by atoms with Gasteiger partial charge in [0.2, 0.25) is 0 Å². The molecule has 2 atom stereocenters. The summed E-state index contributed by atoms with van der Waals surface area (Å²) in [7, 11) is 0. The van der Waals surface area contributed by atoms with Gasteiger partial charge < -0.3 is 11.5 Å². The molecule has 0 radical (unpaired) electrons. The van der Waals surface area contributed by atoms with Gasteiger partial charge in [-0.1, -0.05) is 33.6 Å². The lowest BCUT2D eigenvalue weighted by atomic mass is 9.86. The quantitative estimate of drug-likeness (QED) is 0.607. The van der Waals surface area contributed by atoms with Crippen LogP contribution in [0.4, 0.5) is 0 Å². The first-order valence-corrected chi connectivity index (χ1v) is 8.08. The molecular formula is C16H37N3. The zero-order valence-corrected chi connectivity index (χ0v) is 13.9. The Labute approximate surface area is 121 Å². The van der Waals surface area contributed by atoms with Gasteiger partial charge in [-0.05, 0) is 51.6 Å². The van der Waals surface area contributed by atoms with Crippen molar-refractivity contribution in [2.24, 2.45) is 23.3 Å². The monoisotopic (exact) mass is 271 g/mol. The van der Waals surface area contributed by atoms with E-state index in [-0.39, 0.29) is 5.54 Å². The van der Waals surface area contributed by atoms with Crippen LogP contribution in [0.25, 0.3) is 0 Å². The topological polar surface area (TPSA) is 55.3 Å². The molecule has 0 aromatic rings. The van der Waals surface area contributed by atoms with Crippen LogP contribution in [0.3, 0.4) is 0 Å². The molecule has 0 aromatic carbocycles. The van der Waals surface area contributed by atoms with E-state index in [1.165, 1.54) is 19.3 Å². The van der Waals surface area contributed by atoms with Gasteiger partial charge in [0.1, 0.15) is 0 Å². The maximum absolute atomic E-state index is 5.77. The molecule has 0 aliphatic rings. The standard InChI is InChI=1S/C16H37N3/c1-6-14(3)15(7-2)8-12-19(13-11-18)16(4,5)9-10-17/h14-15H,6-13,17-18H2,1-5H3. The Morgan fingerprint density at radius 3 is 2.05 bits per heavy atom. The fourth-order valence-corrected chi connectivity index (χ4v) is 2.93. The minimum atomic E-state index is 0.169. The molecule has 4 N–H and O–H groups in total. The van der Waals surface area contributed by atoms with Crippen LogP contribution in [0.15, 0.2) is 0 Å². The van der Waals surface area contributed by atoms with Crippen LogP contribution in [0.1, 0.15) is 60.3 Å². The van der Waals surface area contributed by atoms with Crippen LogP contribution in [0.2, 0.25) is 0 Å². The SMILES string of the molecule is CCC(C)C(CC)CCN(CCN)C(C)(C)CCN. The molecule has 0 bridgehead atoms. The summed E-state index contributed by atoms with van der Waals surface area (Å²) in [6.45, 7) is 15.2. The maximum Gasteiger partial charge on any atom is 0.0165 e. The van der Waals surface area contributed by atoms with Gasteiger partial charge in [0.25, 0.3) is 0 Å². The normalized spacial score (nSPS) is 15.8. The molecule has 3 nitrogen and oxygen atoms in total. The Balaban J connectivity index is 4.49. The number of hydrogen-bond acceptors (Lipinski definition) is 3. The predicted molar refractivity (Wildman–Crippen MR) is 86.2 cm³/mol. The summed E-state index contributed by atoms with van der Waals surface area (Å²) >= 11 is 0. The summed E-state index contributed by atoms with van der Waals surface area (Å²) in [6.07, 6.45) is 4.87. The van der Waals surface area contributed by atoms with E-state index < -0.39 is 0 Å². The van der Waals surface area contributed by atoms with Crippen LogP contribution in [-0.2, 0) is 0 Å². The van der Waals surface area contributed by atoms with Crippen molar-refractivity contribution < 1.29 is 0 Å². The van der Waals surface area contributed by atoms with Crippen molar-refractivity contribution in [2.45, 2.75) is 65.8 Å². The average Bonchev–Trinajstić information content (AvgIpc) is 2.37. The van der Waals surface area contributed by atoms with Gasteiger partial charge in [0.15, 0.2) is 0 Å². The Morgan fingerprint density at radius 1 is 1.00 bits per heavy atom. The highest BCUT2D eigenvalue weighted by atomic mass is 15.2. The Kier molecular flexibility index (Phi) is 9.67. The lowest BCUT2D eigenvalue weighted by molar-refractivity contribution is 0.103. The number of hydrogen-bond donors (Lipinski definition) is 2. The van der Waals surface area contributed by atoms with E-state index in [1.54, 1.807) is 0 Å². The van der Waals surface area contributed by atoms with Crippen molar-refractivity contribution in [1.82, 2.24) is 4.90 Å². The van der Waals surface area contributed by atoms with E-state index in [9.17, 15) is 0 Å². The summed E-state index contributed by atoms with van der Waals surface area (Å²) in [5.74, 6) is 1.65. The number of rotatable bonds is 11. The van der Waals surface area contributed by atoms with Crippen LogP contribution >= 0.6 is 0 Å². The molecule has 0 amide bonds. The van der Waals surface area contributed by atoms with Gasteiger partial charge in [-0.25, -0.2) is 0 Å². The third-order valence-electron chi connectivity index (χ3n) is 4.75. The largest absolute Gasteiger partial charge is 0.330 e. The van der Waals surface area contributed by atoms with E-state index in [0.717, 1.165) is 44.4 Å². The van der Waals surface area contributed by atoms with Crippen LogP contribution in [0.5, 0.6) is 0 Å². The van der Waals surface area contributed by atoms with Gasteiger partial charge in [-0.3, -0.25) is 4.90 Å². The molecule has 2 unspecified atom stereocenters. The minimum Gasteiger partial charge on any atom is -0.330 e. The van der Waals surface area contributed by atoms with Crippen molar-refractivity contribution in [1.29, 1.82) is 0 Å². The summed E-state index contributed by atoms with van der Waals surface area (Å²) in [4.78, 5) is 2.53. The molecule has 0 fully saturated rings. The molecular weight excluding hydrogens is 234 g/mol. The molecule has 3 heteroatoms. The smallest absolute Gasteiger partial charge is 0.0165 e. The minimum absolute atomic E-state index is 0.169. The van der Waals surface area contributed by atoms with E-state index in [4.69, 9.17) is 11.5 Å². The number of nitrogens with zero attached hydrogens (tertiary/aromatic N) is 1. The van der Waals surface area contributed by atoms with Gasteiger partial charge in [0, 0.05) is 18.6 Å². The van der Waals surface area contributed by atoms with Crippen molar-refractivity contribution in [3.8, 4) is 0 Å². The third-order valence-corrected chi connectivity index (χ3v) is 4.75. The summed E-state index contributed by atoms with van der Waals surface area (Å²) in [5, 5.41) is 0. The molecule has 0 aliphatic heterocycles. The first-order valence-electron chi connectivity index (χ1n) is 8.08. The second-order valence-electron chi connectivity index (χ2n) is 6.47. The van der Waals surface area contributed by atoms with Crippen molar-refractivity contribution in [3.05, 3.63) is 0 Å². The first kappa shape index (κ1) is 18.9. The fraction of sp³-hybridized carbons (Fsp3) is 1.00. The van der Waals surface area contributed by atoms with Crippen LogP contribution in [-0.4, -0.2) is 36.6 Å². The van der Waals surface area contributed by atoms with Gasteiger partial charge in [0.05, 0.1) is 0 Å². The fourth-order valence-electron chi connectivity index (χ4n) is 2.93. The molecule has 0 rings (SSSR count). The van der Waals surface area contributed by atoms with Crippen molar-refractivity contribution >= 4 is 0 Å². The van der Waals surface area contributed by atoms with E-state index >= 15 is 0 Å². The zero-order chi connectivity index (χ0) is 14.9. The van der Waals surface area contributed by atoms with Crippen LogP contribution in [0, 0.1) is 11.8 Å². The zero-order valence-electron chi connectivity index (χ0n) is 13.9. The second kappa shape index (κ2) is 9.73. The highest BCUT2D eigenvalue weighted by Gasteiger charge is 2.26. The summed E-state index contributed by atoms with van der Waals surface area (Å²) in [5.41, 5.74) is 11.7. The molecule has 0 aromatic heterocycles. The van der Waals surface area contributed by atoms with Crippen molar-refractivity contribution in [2.75, 3.05) is 26.2 Å². The first-order chi connectivity index (χ1) is 8.92. The molecule has 0 heterocycles. The predicted octanol–water partition coefficient (Wildman–Crippen LogP) is 2.84. The molecule has 116 valence electrons. The number of nitrogens with two attached hydrogens (primary N) is 2. The Morgan fingerprint density at radius 2 is 1.63 bits per heavy atom. The lowest BCUT2D eigenvalue weighted by Crippen LogP contribution is -2.48. The molecule has 0 saturated carbocycles. The molecule has 0 saturated heterocycles. The van der Waals surface area contributed by atoms with Gasteiger partial charge >= 0.3 is 0 Å². The van der Waals surface area contributed by atoms with E-state index in [0.29, 0.717) is 0 Å². The van der Waals surface area contributed by atoms with E-state index in [1.807, 2.05) is 0 Å². The van der Waals surface area contributed by atoms with Gasteiger partial charge in [-0.2, -0.15) is 0 Å². The highest BCUT2D eigenvalue weighted by Crippen LogP contribution is 2.25. The highest BCUT2D eigenvalue weighted by molar-refractivity contribution is 4.83. The third kappa shape index (κ3) is 6.73. The molecule has 0 aliphatic carbocycles. The van der Waals surface area contributed by atoms with E-state index in [2.05, 4.69) is 39.5 Å². The summed E-state index contributed by atoms with van der Waals surface area (Å²) in [6, 6.07) is 0. The van der Waals surface area contributed by atoms with Crippen molar-refractivity contribution in [3.63, 3.8) is 0 Å². The Hall–Kier alpha value is -0.120. The second-order valence-corrected chi connectivity index (χ2v) is 6.47. The molecule has 0 spiro atoms. The van der Waals surface area contributed by atoms with Gasteiger partial charge in [-0.15, -0.1) is 0 Å². The molecule has 19 heavy (non-hydrogen) atoms.